The van der Waals surface area contributed by atoms with E-state index in [1.54, 1.807) is 44.2 Å². The maximum absolute atomic E-state index is 13.6. The average Bonchev–Trinajstić information content (AvgIpc) is 3.16. The van der Waals surface area contributed by atoms with E-state index in [0.29, 0.717) is 21.8 Å². The zero-order valence-electron chi connectivity index (χ0n) is 16.9. The number of rotatable bonds is 7. The Labute approximate surface area is 183 Å². The van der Waals surface area contributed by atoms with Crippen LogP contribution in [-0.2, 0) is 10.2 Å². The van der Waals surface area contributed by atoms with Crippen molar-refractivity contribution in [3.05, 3.63) is 82.0 Å². The highest BCUT2D eigenvalue weighted by Crippen LogP contribution is 2.32. The molecule has 3 rings (SSSR count). The van der Waals surface area contributed by atoms with E-state index in [9.17, 15) is 18.4 Å². The Morgan fingerprint density at radius 3 is 2.45 bits per heavy atom. The summed E-state index contributed by atoms with van der Waals surface area (Å²) in [6, 6.07) is 11.5. The van der Waals surface area contributed by atoms with Crippen molar-refractivity contribution >= 4 is 29.2 Å². The van der Waals surface area contributed by atoms with Gasteiger partial charge < -0.3 is 10.6 Å². The highest BCUT2D eigenvalue weighted by molar-refractivity contribution is 6.33. The van der Waals surface area contributed by atoms with Gasteiger partial charge in [0.25, 0.3) is 5.91 Å². The number of benzene rings is 2. The fraction of sp³-hybridized carbons (Fsp3) is 0.227. The lowest BCUT2D eigenvalue weighted by Crippen LogP contribution is -2.27. The second kappa shape index (κ2) is 9.26. The maximum atomic E-state index is 13.6. The Bertz CT molecular complexity index is 1090. The number of nitrogens with one attached hydrogen (secondary N) is 3. The number of hydrogen-bond donors (Lipinski definition) is 3. The molecule has 0 saturated heterocycles. The zero-order chi connectivity index (χ0) is 22.6. The predicted molar refractivity (Wildman–Crippen MR) is 114 cm³/mol. The Hall–Kier alpha value is -3.26. The summed E-state index contributed by atoms with van der Waals surface area (Å²) in [6.07, 6.45) is 0.0247. The molecule has 1 heterocycles. The molecular formula is C22H21ClF2N4O2. The molecule has 0 radical (unpaired) electrons. The van der Waals surface area contributed by atoms with Gasteiger partial charge in [-0.3, -0.25) is 14.7 Å². The van der Waals surface area contributed by atoms with Crippen LogP contribution in [0.4, 0.5) is 14.6 Å². The highest BCUT2D eigenvalue weighted by Gasteiger charge is 2.27. The first-order valence-electron chi connectivity index (χ1n) is 9.52. The first-order chi connectivity index (χ1) is 14.7. The van der Waals surface area contributed by atoms with Crippen LogP contribution in [0.25, 0.3) is 0 Å². The molecule has 9 heteroatoms. The van der Waals surface area contributed by atoms with Crippen LogP contribution in [0.5, 0.6) is 0 Å². The lowest BCUT2D eigenvalue weighted by atomic mass is 9.81. The fourth-order valence-corrected chi connectivity index (χ4v) is 3.23. The normalized spacial score (nSPS) is 11.3. The van der Waals surface area contributed by atoms with Gasteiger partial charge in [0, 0.05) is 36.2 Å². The smallest absolute Gasteiger partial charge is 0.252 e. The monoisotopic (exact) mass is 446 g/mol. The molecule has 2 amide bonds. The van der Waals surface area contributed by atoms with Crippen LogP contribution < -0.4 is 10.6 Å². The van der Waals surface area contributed by atoms with E-state index in [1.807, 2.05) is 0 Å². The number of anilines is 1. The number of nitrogens with zero attached hydrogens (tertiary/aromatic N) is 1. The lowest BCUT2D eigenvalue weighted by molar-refractivity contribution is -0.116. The van der Waals surface area contributed by atoms with Gasteiger partial charge in [-0.05, 0) is 29.8 Å². The minimum atomic E-state index is -0.776. The summed E-state index contributed by atoms with van der Waals surface area (Å²) >= 11 is 5.98. The van der Waals surface area contributed by atoms with Crippen molar-refractivity contribution in [2.45, 2.75) is 25.7 Å². The van der Waals surface area contributed by atoms with Crippen molar-refractivity contribution in [3.8, 4) is 0 Å². The molecule has 0 aliphatic carbocycles. The van der Waals surface area contributed by atoms with Crippen LogP contribution in [0.15, 0.2) is 48.5 Å². The second-order valence-electron chi connectivity index (χ2n) is 7.48. The van der Waals surface area contributed by atoms with Gasteiger partial charge in [-0.25, -0.2) is 8.78 Å². The topological polar surface area (TPSA) is 86.9 Å². The number of aromatic nitrogens is 2. The van der Waals surface area contributed by atoms with E-state index in [-0.39, 0.29) is 30.6 Å². The molecule has 0 saturated carbocycles. The Morgan fingerprint density at radius 2 is 1.77 bits per heavy atom. The van der Waals surface area contributed by atoms with Gasteiger partial charge in [0.15, 0.2) is 5.82 Å². The van der Waals surface area contributed by atoms with Crippen LogP contribution in [-0.4, -0.2) is 28.6 Å². The molecule has 3 N–H and O–H groups in total. The Morgan fingerprint density at radius 1 is 1.10 bits per heavy atom. The molecule has 0 spiro atoms. The van der Waals surface area contributed by atoms with Crippen molar-refractivity contribution in [3.63, 3.8) is 0 Å². The number of amides is 2. The van der Waals surface area contributed by atoms with E-state index < -0.39 is 17.0 Å². The second-order valence-corrected chi connectivity index (χ2v) is 7.89. The Kier molecular flexibility index (Phi) is 6.70. The van der Waals surface area contributed by atoms with E-state index in [4.69, 9.17) is 11.6 Å². The molecule has 1 aromatic heterocycles. The van der Waals surface area contributed by atoms with Gasteiger partial charge in [-0.15, -0.1) is 0 Å². The molecule has 0 unspecified atom stereocenters. The predicted octanol–water partition coefficient (Wildman–Crippen LogP) is 4.43. The molecule has 3 aromatic rings. The lowest BCUT2D eigenvalue weighted by Gasteiger charge is -2.23. The van der Waals surface area contributed by atoms with Gasteiger partial charge >= 0.3 is 0 Å². The molecule has 6 nitrogen and oxygen atoms in total. The van der Waals surface area contributed by atoms with Gasteiger partial charge in [-0.1, -0.05) is 37.6 Å². The van der Waals surface area contributed by atoms with Crippen LogP contribution in [0, 0.1) is 11.6 Å². The molecule has 31 heavy (non-hydrogen) atoms. The molecule has 0 aliphatic heterocycles. The summed E-state index contributed by atoms with van der Waals surface area (Å²) in [5.74, 6) is -1.80. The standard InChI is InChI=1S/C22H21ClF2N4O2/c1-22(2,13-9-14(24)11-15(25)10-13)18-12-19(29-28-18)27-20(30)7-8-26-21(31)16-5-3-4-6-17(16)23/h3-6,9-12H,7-8H2,1-2H3,(H,26,31)(H2,27,28,29,30). The van der Waals surface area contributed by atoms with Gasteiger partial charge in [0.2, 0.25) is 5.91 Å². The molecular weight excluding hydrogens is 426 g/mol. The van der Waals surface area contributed by atoms with E-state index in [1.165, 1.54) is 12.1 Å². The first kappa shape index (κ1) is 22.4. The summed E-state index contributed by atoms with van der Waals surface area (Å²) < 4.78 is 27.2. The quantitative estimate of drug-likeness (QED) is 0.502. The van der Waals surface area contributed by atoms with E-state index in [2.05, 4.69) is 20.8 Å². The number of halogens is 3. The summed E-state index contributed by atoms with van der Waals surface area (Å²) in [5, 5.41) is 12.4. The average molecular weight is 447 g/mol. The van der Waals surface area contributed by atoms with Gasteiger partial charge in [0.05, 0.1) is 10.6 Å². The Balaban J connectivity index is 1.57. The van der Waals surface area contributed by atoms with Gasteiger partial charge in [-0.2, -0.15) is 5.10 Å². The molecule has 0 bridgehead atoms. The fourth-order valence-electron chi connectivity index (χ4n) is 3.01. The molecule has 0 atom stereocenters. The minimum absolute atomic E-state index is 0.0247. The zero-order valence-corrected chi connectivity index (χ0v) is 17.7. The SMILES string of the molecule is CC(C)(c1cc(F)cc(F)c1)c1cc(NC(=O)CCNC(=O)c2ccccc2Cl)n[nH]1. The van der Waals surface area contributed by atoms with Crippen molar-refractivity contribution in [1.82, 2.24) is 15.5 Å². The van der Waals surface area contributed by atoms with Crippen LogP contribution in [0.1, 0.15) is 41.9 Å². The summed E-state index contributed by atoms with van der Waals surface area (Å²) in [4.78, 5) is 24.3. The van der Waals surface area contributed by atoms with Crippen molar-refractivity contribution in [2.24, 2.45) is 0 Å². The number of hydrogen-bond acceptors (Lipinski definition) is 3. The largest absolute Gasteiger partial charge is 0.351 e. The summed E-state index contributed by atoms with van der Waals surface area (Å²) in [7, 11) is 0. The number of carbonyl (C=O) groups is 2. The first-order valence-corrected chi connectivity index (χ1v) is 9.89. The van der Waals surface area contributed by atoms with Crippen molar-refractivity contribution in [2.75, 3.05) is 11.9 Å². The summed E-state index contributed by atoms with van der Waals surface area (Å²) in [5.41, 5.74) is 0.549. The third-order valence-electron chi connectivity index (χ3n) is 4.86. The van der Waals surface area contributed by atoms with Crippen LogP contribution in [0.2, 0.25) is 5.02 Å². The van der Waals surface area contributed by atoms with Crippen molar-refractivity contribution in [1.29, 1.82) is 0 Å². The third kappa shape index (κ3) is 5.46. The maximum Gasteiger partial charge on any atom is 0.252 e. The number of aromatic amines is 1. The van der Waals surface area contributed by atoms with Crippen LogP contribution in [0.3, 0.4) is 0 Å². The number of H-pyrrole nitrogens is 1. The molecule has 0 fully saturated rings. The van der Waals surface area contributed by atoms with Gasteiger partial charge in [0.1, 0.15) is 11.6 Å². The van der Waals surface area contributed by atoms with Crippen LogP contribution >= 0.6 is 11.6 Å². The van der Waals surface area contributed by atoms with E-state index in [0.717, 1.165) is 6.07 Å². The molecule has 2 aromatic carbocycles. The third-order valence-corrected chi connectivity index (χ3v) is 5.19. The highest BCUT2D eigenvalue weighted by atomic mass is 35.5. The van der Waals surface area contributed by atoms with Crippen molar-refractivity contribution < 1.29 is 18.4 Å². The summed E-state index contributed by atoms with van der Waals surface area (Å²) in [6.45, 7) is 3.68. The molecule has 0 aliphatic rings. The van der Waals surface area contributed by atoms with E-state index >= 15 is 0 Å². The molecule has 162 valence electrons. The number of carbonyl (C=O) groups excluding carboxylic acids is 2. The minimum Gasteiger partial charge on any atom is -0.351 e.